The summed E-state index contributed by atoms with van der Waals surface area (Å²) < 4.78 is 0. The first-order valence-electron chi connectivity index (χ1n) is 6.38. The van der Waals surface area contributed by atoms with Crippen molar-refractivity contribution >= 4 is 30.1 Å². The zero-order valence-electron chi connectivity index (χ0n) is 11.6. The Labute approximate surface area is 125 Å². The van der Waals surface area contributed by atoms with Gasteiger partial charge in [0.25, 0.3) is 5.91 Å². The molecule has 0 aliphatic carbocycles. The number of rotatable bonds is 6. The maximum atomic E-state index is 12.0. The normalized spacial score (nSPS) is 11.1. The Morgan fingerprint density at radius 3 is 2.79 bits per heavy atom. The molecule has 1 amide bonds. The van der Waals surface area contributed by atoms with Crippen molar-refractivity contribution < 1.29 is 4.79 Å². The minimum atomic E-state index is -0.145. The second-order valence-electron chi connectivity index (χ2n) is 4.85. The van der Waals surface area contributed by atoms with Crippen LogP contribution in [0.1, 0.15) is 30.6 Å². The molecule has 1 aromatic carbocycles. The van der Waals surface area contributed by atoms with Gasteiger partial charge in [0.05, 0.1) is 10.6 Å². The lowest BCUT2D eigenvalue weighted by Crippen LogP contribution is -2.31. The third-order valence-electron chi connectivity index (χ3n) is 3.05. The summed E-state index contributed by atoms with van der Waals surface area (Å²) in [4.78, 5) is 14.9. The highest BCUT2D eigenvalue weighted by Gasteiger charge is 2.10. The summed E-state index contributed by atoms with van der Waals surface area (Å²) in [5.41, 5.74) is 0.478. The topological polar surface area (TPSA) is 32.3 Å². The van der Waals surface area contributed by atoms with Crippen molar-refractivity contribution in [1.82, 2.24) is 10.2 Å². The quantitative estimate of drug-likeness (QED) is 0.625. The van der Waals surface area contributed by atoms with E-state index in [2.05, 4.69) is 43.7 Å². The molecule has 0 unspecified atom stereocenters. The number of hydrogen-bond donors (Lipinski definition) is 2. The standard InChI is InChI=1S/C14H21ClN2OS/c1-10(2)17(3)8-4-7-16-14(18)12-9-11(19)5-6-13(12)15/h5-6,9-10,19H,4,7-8H2,1-3H3,(H,16,18). The lowest BCUT2D eigenvalue weighted by Gasteiger charge is -2.20. The van der Waals surface area contributed by atoms with E-state index in [1.807, 2.05) is 0 Å². The predicted molar refractivity (Wildman–Crippen MR) is 83.4 cm³/mol. The molecule has 1 aromatic rings. The molecule has 0 aliphatic rings. The number of amides is 1. The Kier molecular flexibility index (Phi) is 6.69. The number of halogens is 1. The number of nitrogens with zero attached hydrogens (tertiary/aromatic N) is 1. The van der Waals surface area contributed by atoms with Crippen LogP contribution in [0.5, 0.6) is 0 Å². The van der Waals surface area contributed by atoms with Gasteiger partial charge in [-0.1, -0.05) is 11.6 Å². The summed E-state index contributed by atoms with van der Waals surface area (Å²) >= 11 is 10.2. The largest absolute Gasteiger partial charge is 0.352 e. The van der Waals surface area contributed by atoms with Crippen molar-refractivity contribution in [2.75, 3.05) is 20.1 Å². The molecule has 1 rings (SSSR count). The maximum absolute atomic E-state index is 12.0. The van der Waals surface area contributed by atoms with Crippen LogP contribution in [0.3, 0.4) is 0 Å². The summed E-state index contributed by atoms with van der Waals surface area (Å²) in [5.74, 6) is -0.145. The van der Waals surface area contributed by atoms with Gasteiger partial charge < -0.3 is 10.2 Å². The number of thiol groups is 1. The first kappa shape index (κ1) is 16.3. The van der Waals surface area contributed by atoms with Crippen molar-refractivity contribution in [1.29, 1.82) is 0 Å². The van der Waals surface area contributed by atoms with Gasteiger partial charge >= 0.3 is 0 Å². The Bertz CT molecular complexity index is 437. The van der Waals surface area contributed by atoms with E-state index in [9.17, 15) is 4.79 Å². The van der Waals surface area contributed by atoms with Gasteiger partial charge in [-0.05, 0) is 52.1 Å². The molecule has 0 bridgehead atoms. The van der Waals surface area contributed by atoms with E-state index in [4.69, 9.17) is 11.6 Å². The van der Waals surface area contributed by atoms with E-state index in [1.54, 1.807) is 18.2 Å². The summed E-state index contributed by atoms with van der Waals surface area (Å²) in [6, 6.07) is 5.65. The molecule has 0 aliphatic heterocycles. The Morgan fingerprint density at radius 1 is 1.47 bits per heavy atom. The molecule has 0 atom stereocenters. The smallest absolute Gasteiger partial charge is 0.252 e. The van der Waals surface area contributed by atoms with Crippen LogP contribution in [0.2, 0.25) is 5.02 Å². The van der Waals surface area contributed by atoms with Crippen LogP contribution in [-0.4, -0.2) is 37.0 Å². The number of hydrogen-bond acceptors (Lipinski definition) is 3. The first-order valence-corrected chi connectivity index (χ1v) is 7.21. The van der Waals surface area contributed by atoms with Gasteiger partial charge in [0.1, 0.15) is 0 Å². The molecular weight excluding hydrogens is 280 g/mol. The van der Waals surface area contributed by atoms with Gasteiger partial charge in [0.15, 0.2) is 0 Å². The fourth-order valence-corrected chi connectivity index (χ4v) is 1.98. The third-order valence-corrected chi connectivity index (χ3v) is 3.66. The van der Waals surface area contributed by atoms with Crippen molar-refractivity contribution in [3.8, 4) is 0 Å². The fourth-order valence-electron chi connectivity index (χ4n) is 1.57. The lowest BCUT2D eigenvalue weighted by molar-refractivity contribution is 0.0951. The minimum Gasteiger partial charge on any atom is -0.352 e. The Morgan fingerprint density at radius 2 is 2.16 bits per heavy atom. The summed E-state index contributed by atoms with van der Waals surface area (Å²) in [6.45, 7) is 5.90. The molecule has 0 spiro atoms. The second-order valence-corrected chi connectivity index (χ2v) is 5.77. The van der Waals surface area contributed by atoms with Crippen molar-refractivity contribution in [2.45, 2.75) is 31.2 Å². The lowest BCUT2D eigenvalue weighted by atomic mass is 10.2. The predicted octanol–water partition coefficient (Wildman–Crippen LogP) is 3.09. The molecule has 0 saturated carbocycles. The summed E-state index contributed by atoms with van der Waals surface area (Å²) in [6.07, 6.45) is 0.915. The van der Waals surface area contributed by atoms with Crippen LogP contribution in [0.4, 0.5) is 0 Å². The second kappa shape index (κ2) is 7.78. The van der Waals surface area contributed by atoms with Gasteiger partial charge in [0, 0.05) is 17.5 Å². The molecule has 1 N–H and O–H groups in total. The van der Waals surface area contributed by atoms with Crippen LogP contribution < -0.4 is 5.32 Å². The van der Waals surface area contributed by atoms with E-state index in [0.717, 1.165) is 17.9 Å². The molecule has 0 aromatic heterocycles. The van der Waals surface area contributed by atoms with Crippen LogP contribution in [0, 0.1) is 0 Å². The minimum absolute atomic E-state index is 0.145. The molecule has 106 valence electrons. The SMILES string of the molecule is CC(C)N(C)CCCNC(=O)c1cc(S)ccc1Cl. The van der Waals surface area contributed by atoms with E-state index in [1.165, 1.54) is 0 Å². The molecule has 19 heavy (non-hydrogen) atoms. The zero-order valence-corrected chi connectivity index (χ0v) is 13.3. The molecule has 3 nitrogen and oxygen atoms in total. The molecule has 0 saturated heterocycles. The average molecular weight is 301 g/mol. The van der Waals surface area contributed by atoms with Crippen LogP contribution in [0.15, 0.2) is 23.1 Å². The summed E-state index contributed by atoms with van der Waals surface area (Å²) in [7, 11) is 2.08. The van der Waals surface area contributed by atoms with Crippen molar-refractivity contribution in [3.05, 3.63) is 28.8 Å². The van der Waals surface area contributed by atoms with Crippen LogP contribution in [0.25, 0.3) is 0 Å². The molecule has 0 radical (unpaired) electrons. The van der Waals surface area contributed by atoms with E-state index >= 15 is 0 Å². The molecule has 0 fully saturated rings. The van der Waals surface area contributed by atoms with Gasteiger partial charge in [0.2, 0.25) is 0 Å². The number of carbonyl (C=O) groups excluding carboxylic acids is 1. The highest BCUT2D eigenvalue weighted by Crippen LogP contribution is 2.19. The van der Waals surface area contributed by atoms with E-state index < -0.39 is 0 Å². The molecular formula is C14H21ClN2OS. The highest BCUT2D eigenvalue weighted by molar-refractivity contribution is 7.80. The summed E-state index contributed by atoms with van der Waals surface area (Å²) in [5, 5.41) is 3.33. The monoisotopic (exact) mass is 300 g/mol. The number of carbonyl (C=O) groups is 1. The van der Waals surface area contributed by atoms with Gasteiger partial charge in [-0.25, -0.2) is 0 Å². The van der Waals surface area contributed by atoms with Gasteiger partial charge in [-0.3, -0.25) is 4.79 Å². The highest BCUT2D eigenvalue weighted by atomic mass is 35.5. The Hall–Kier alpha value is -0.710. The van der Waals surface area contributed by atoms with Gasteiger partial charge in [-0.15, -0.1) is 12.6 Å². The van der Waals surface area contributed by atoms with Crippen molar-refractivity contribution in [3.63, 3.8) is 0 Å². The first-order chi connectivity index (χ1) is 8.91. The average Bonchev–Trinajstić information content (AvgIpc) is 2.36. The van der Waals surface area contributed by atoms with Crippen LogP contribution in [-0.2, 0) is 0 Å². The Balaban J connectivity index is 2.41. The van der Waals surface area contributed by atoms with Crippen LogP contribution >= 0.6 is 24.2 Å². The van der Waals surface area contributed by atoms with Crippen molar-refractivity contribution in [2.24, 2.45) is 0 Å². The maximum Gasteiger partial charge on any atom is 0.252 e. The molecule has 0 heterocycles. The number of benzene rings is 1. The zero-order chi connectivity index (χ0) is 14.4. The number of nitrogens with one attached hydrogen (secondary N) is 1. The van der Waals surface area contributed by atoms with Gasteiger partial charge in [-0.2, -0.15) is 0 Å². The van der Waals surface area contributed by atoms with E-state index in [0.29, 0.717) is 23.2 Å². The van der Waals surface area contributed by atoms with E-state index in [-0.39, 0.29) is 5.91 Å². The fraction of sp³-hybridized carbons (Fsp3) is 0.500. The third kappa shape index (κ3) is 5.43. The molecule has 5 heteroatoms.